The maximum Gasteiger partial charge on any atom is 0.324 e. The van der Waals surface area contributed by atoms with Crippen LogP contribution < -0.4 is 10.1 Å². The van der Waals surface area contributed by atoms with Crippen LogP contribution in [0.1, 0.15) is 57.8 Å². The molecule has 0 atom stereocenters. The molecule has 1 heterocycles. The Morgan fingerprint density at radius 3 is 2.43 bits per heavy atom. The molecule has 1 N–H and O–H groups in total. The molecule has 2 aromatic rings. The zero-order chi connectivity index (χ0) is 20.8. The highest BCUT2D eigenvalue weighted by Crippen LogP contribution is 2.33. The molecule has 162 valence electrons. The topological polar surface area (TPSA) is 54.5 Å². The van der Waals surface area contributed by atoms with Crippen molar-refractivity contribution in [2.45, 2.75) is 69.9 Å². The first-order chi connectivity index (χ1) is 14.7. The van der Waals surface area contributed by atoms with Gasteiger partial charge >= 0.3 is 6.03 Å². The molecule has 2 aliphatic rings. The molecule has 0 unspecified atom stereocenters. The second kappa shape index (κ2) is 10.2. The third-order valence-electron chi connectivity index (χ3n) is 6.36. The quantitative estimate of drug-likeness (QED) is 0.602. The van der Waals surface area contributed by atoms with Crippen LogP contribution >= 0.6 is 11.3 Å². The largest absolute Gasteiger partial charge is 0.493 e. The number of carbonyl (C=O) groups is 1. The van der Waals surface area contributed by atoms with Crippen molar-refractivity contribution in [2.75, 3.05) is 11.9 Å². The molecule has 0 bridgehead atoms. The van der Waals surface area contributed by atoms with Gasteiger partial charge in [0.2, 0.25) is 0 Å². The van der Waals surface area contributed by atoms with Gasteiger partial charge in [-0.1, -0.05) is 19.3 Å². The molecule has 0 radical (unpaired) electrons. The Balaban J connectivity index is 1.33. The Hall–Kier alpha value is -2.15. The third-order valence-corrected chi connectivity index (χ3v) is 7.05. The number of carbonyl (C=O) groups excluding carboxylic acids is 1. The summed E-state index contributed by atoms with van der Waals surface area (Å²) in [7, 11) is 0. The number of aromatic nitrogens is 1. The van der Waals surface area contributed by atoms with Crippen LogP contribution in [-0.4, -0.2) is 34.6 Å². The van der Waals surface area contributed by atoms with Gasteiger partial charge < -0.3 is 9.64 Å². The van der Waals surface area contributed by atoms with Gasteiger partial charge in [0.05, 0.1) is 6.61 Å². The lowest BCUT2D eigenvalue weighted by atomic mass is 9.84. The van der Waals surface area contributed by atoms with Crippen LogP contribution in [0.4, 0.5) is 14.3 Å². The predicted octanol–water partition coefficient (Wildman–Crippen LogP) is 6.09. The van der Waals surface area contributed by atoms with Gasteiger partial charge in [0, 0.05) is 23.7 Å². The summed E-state index contributed by atoms with van der Waals surface area (Å²) < 4.78 is 18.9. The Morgan fingerprint density at radius 2 is 1.77 bits per heavy atom. The number of hydrogen-bond donors (Lipinski definition) is 1. The number of anilines is 1. The Labute approximate surface area is 181 Å². The molecule has 2 fully saturated rings. The van der Waals surface area contributed by atoms with Crippen molar-refractivity contribution in [3.63, 3.8) is 0 Å². The fourth-order valence-corrected chi connectivity index (χ4v) is 5.28. The van der Waals surface area contributed by atoms with E-state index in [9.17, 15) is 9.18 Å². The predicted molar refractivity (Wildman–Crippen MR) is 117 cm³/mol. The van der Waals surface area contributed by atoms with Crippen LogP contribution in [0, 0.1) is 11.7 Å². The van der Waals surface area contributed by atoms with Crippen LogP contribution in [0.5, 0.6) is 5.75 Å². The summed E-state index contributed by atoms with van der Waals surface area (Å²) >= 11 is 1.46. The number of benzene rings is 1. The van der Waals surface area contributed by atoms with Gasteiger partial charge in [-0.2, -0.15) is 0 Å². The second-order valence-electron chi connectivity index (χ2n) is 8.41. The number of nitrogens with one attached hydrogen (secondary N) is 1. The average Bonchev–Trinajstić information content (AvgIpc) is 3.28. The van der Waals surface area contributed by atoms with Crippen LogP contribution in [0.15, 0.2) is 35.8 Å². The van der Waals surface area contributed by atoms with Crippen LogP contribution in [0.3, 0.4) is 0 Å². The Morgan fingerprint density at radius 1 is 1.07 bits per heavy atom. The monoisotopic (exact) mass is 431 g/mol. The van der Waals surface area contributed by atoms with E-state index >= 15 is 0 Å². The van der Waals surface area contributed by atoms with Crippen molar-refractivity contribution in [1.82, 2.24) is 9.88 Å². The van der Waals surface area contributed by atoms with Crippen molar-refractivity contribution in [2.24, 2.45) is 5.92 Å². The van der Waals surface area contributed by atoms with Gasteiger partial charge in [0.1, 0.15) is 11.6 Å². The number of thiazole rings is 1. The minimum Gasteiger partial charge on any atom is -0.493 e. The van der Waals surface area contributed by atoms with Crippen molar-refractivity contribution in [3.8, 4) is 5.75 Å². The normalized spacial score (nSPS) is 22.4. The first kappa shape index (κ1) is 21.1. The van der Waals surface area contributed by atoms with Gasteiger partial charge in [0.25, 0.3) is 0 Å². The van der Waals surface area contributed by atoms with E-state index in [0.717, 1.165) is 38.5 Å². The smallest absolute Gasteiger partial charge is 0.324 e. The zero-order valence-corrected chi connectivity index (χ0v) is 18.1. The molecule has 4 rings (SSSR count). The molecule has 2 saturated carbocycles. The lowest BCUT2D eigenvalue weighted by Gasteiger charge is -2.42. The van der Waals surface area contributed by atoms with Gasteiger partial charge in [-0.25, -0.2) is 14.2 Å². The standard InChI is InChI=1S/C23H30FN3O2S/c24-18-8-12-21(13-9-18)29-16-17-6-10-20(11-7-17)27(19-4-2-1-3-5-19)23(28)26-22-25-14-15-30-22/h8-9,12-15,17,19-20H,1-7,10-11,16H2,(H,25,26,28). The molecule has 1 aromatic heterocycles. The van der Waals surface area contributed by atoms with E-state index in [4.69, 9.17) is 4.74 Å². The van der Waals surface area contributed by atoms with Gasteiger partial charge in [-0.15, -0.1) is 11.3 Å². The van der Waals surface area contributed by atoms with Crippen LogP contribution in [0.2, 0.25) is 0 Å². The lowest BCUT2D eigenvalue weighted by Crippen LogP contribution is -2.51. The van der Waals surface area contributed by atoms with Gasteiger partial charge in [0.15, 0.2) is 5.13 Å². The zero-order valence-electron chi connectivity index (χ0n) is 17.3. The van der Waals surface area contributed by atoms with Crippen LogP contribution in [-0.2, 0) is 0 Å². The average molecular weight is 432 g/mol. The number of rotatable bonds is 6. The molecule has 2 amide bonds. The third kappa shape index (κ3) is 5.50. The molecule has 5 nitrogen and oxygen atoms in total. The van der Waals surface area contributed by atoms with Crippen molar-refractivity contribution in [1.29, 1.82) is 0 Å². The molecule has 0 spiro atoms. The maximum absolute atomic E-state index is 13.2. The highest BCUT2D eigenvalue weighted by Gasteiger charge is 2.34. The lowest BCUT2D eigenvalue weighted by molar-refractivity contribution is 0.0935. The SMILES string of the molecule is O=C(Nc1nccs1)N(C1CCCCC1)C1CCC(COc2ccc(F)cc2)CC1. The molecule has 0 saturated heterocycles. The summed E-state index contributed by atoms with van der Waals surface area (Å²) in [6.45, 7) is 0.646. The number of halogens is 1. The summed E-state index contributed by atoms with van der Waals surface area (Å²) in [6, 6.07) is 6.81. The van der Waals surface area contributed by atoms with E-state index in [1.54, 1.807) is 18.3 Å². The van der Waals surface area contributed by atoms with Gasteiger partial charge in [-0.3, -0.25) is 5.32 Å². The summed E-state index contributed by atoms with van der Waals surface area (Å²) in [6.07, 6.45) is 11.7. The molecular formula is C23H30FN3O2S. The fraction of sp³-hybridized carbons (Fsp3) is 0.565. The van der Waals surface area contributed by atoms with Crippen molar-refractivity contribution < 1.29 is 13.9 Å². The Bertz CT molecular complexity index is 785. The number of ether oxygens (including phenoxy) is 1. The number of hydrogen-bond acceptors (Lipinski definition) is 4. The summed E-state index contributed by atoms with van der Waals surface area (Å²) in [5, 5.41) is 5.57. The van der Waals surface area contributed by atoms with E-state index in [2.05, 4.69) is 15.2 Å². The number of urea groups is 1. The summed E-state index contributed by atoms with van der Waals surface area (Å²) in [5.74, 6) is 0.938. The van der Waals surface area contributed by atoms with E-state index in [1.165, 1.54) is 42.7 Å². The van der Waals surface area contributed by atoms with Gasteiger partial charge in [-0.05, 0) is 68.7 Å². The molecule has 7 heteroatoms. The number of amides is 2. The van der Waals surface area contributed by atoms with E-state index in [0.29, 0.717) is 29.4 Å². The number of nitrogens with zero attached hydrogens (tertiary/aromatic N) is 2. The molecule has 0 aliphatic heterocycles. The van der Waals surface area contributed by atoms with Crippen LogP contribution in [0.25, 0.3) is 0 Å². The minimum atomic E-state index is -0.248. The first-order valence-corrected chi connectivity index (χ1v) is 11.9. The van der Waals surface area contributed by atoms with E-state index < -0.39 is 0 Å². The fourth-order valence-electron chi connectivity index (χ4n) is 4.76. The van der Waals surface area contributed by atoms with E-state index in [1.807, 2.05) is 5.38 Å². The van der Waals surface area contributed by atoms with Crippen molar-refractivity contribution in [3.05, 3.63) is 41.7 Å². The molecular weight excluding hydrogens is 401 g/mol. The second-order valence-corrected chi connectivity index (χ2v) is 9.30. The Kier molecular flexibility index (Phi) is 7.20. The molecule has 2 aliphatic carbocycles. The highest BCUT2D eigenvalue weighted by atomic mass is 32.1. The maximum atomic E-state index is 13.2. The van der Waals surface area contributed by atoms with E-state index in [-0.39, 0.29) is 17.9 Å². The first-order valence-electron chi connectivity index (χ1n) is 11.1. The minimum absolute atomic E-state index is 0.00265. The molecule has 1 aromatic carbocycles. The van der Waals surface area contributed by atoms with Crippen molar-refractivity contribution >= 4 is 22.5 Å². The summed E-state index contributed by atoms with van der Waals surface area (Å²) in [4.78, 5) is 19.5. The highest BCUT2D eigenvalue weighted by molar-refractivity contribution is 7.13. The summed E-state index contributed by atoms with van der Waals surface area (Å²) in [5.41, 5.74) is 0. The molecule has 30 heavy (non-hydrogen) atoms.